The van der Waals surface area contributed by atoms with Crippen molar-refractivity contribution in [2.24, 2.45) is 5.73 Å². The van der Waals surface area contributed by atoms with Crippen molar-refractivity contribution in [3.05, 3.63) is 0 Å². The van der Waals surface area contributed by atoms with Crippen LogP contribution in [-0.4, -0.2) is 30.3 Å². The smallest absolute Gasteiger partial charge is 0.323 e. The Morgan fingerprint density at radius 2 is 2.00 bits per heavy atom. The van der Waals surface area contributed by atoms with Crippen molar-refractivity contribution in [2.75, 3.05) is 0 Å². The Labute approximate surface area is 104 Å². The van der Waals surface area contributed by atoms with E-state index in [4.69, 9.17) is 15.2 Å². The first-order valence-electron chi connectivity index (χ1n) is 6.64. The van der Waals surface area contributed by atoms with E-state index in [9.17, 15) is 4.79 Å². The second-order valence-corrected chi connectivity index (χ2v) is 5.04. The van der Waals surface area contributed by atoms with Crippen molar-refractivity contribution < 1.29 is 14.3 Å². The number of hydrogen-bond acceptors (Lipinski definition) is 4. The first-order chi connectivity index (χ1) is 8.02. The van der Waals surface area contributed by atoms with E-state index in [1.807, 2.05) is 13.8 Å². The molecule has 4 heteroatoms. The third-order valence-corrected chi connectivity index (χ3v) is 3.11. The van der Waals surface area contributed by atoms with Gasteiger partial charge < -0.3 is 15.2 Å². The van der Waals surface area contributed by atoms with Gasteiger partial charge in [-0.3, -0.25) is 4.79 Å². The van der Waals surface area contributed by atoms with Gasteiger partial charge in [-0.1, -0.05) is 19.8 Å². The molecule has 1 aliphatic heterocycles. The van der Waals surface area contributed by atoms with E-state index >= 15 is 0 Å². The third-order valence-electron chi connectivity index (χ3n) is 3.11. The minimum absolute atomic E-state index is 0.0334. The van der Waals surface area contributed by atoms with Gasteiger partial charge in [0.25, 0.3) is 0 Å². The Bertz CT molecular complexity index is 235. The molecule has 0 radical (unpaired) electrons. The molecule has 0 aliphatic carbocycles. The Morgan fingerprint density at radius 1 is 1.41 bits per heavy atom. The minimum Gasteiger partial charge on any atom is -0.461 e. The van der Waals surface area contributed by atoms with E-state index in [0.29, 0.717) is 6.42 Å². The molecule has 1 rings (SSSR count). The lowest BCUT2D eigenvalue weighted by Crippen LogP contribution is -2.40. The Morgan fingerprint density at radius 3 is 2.53 bits per heavy atom. The number of ether oxygens (including phenoxy) is 2. The summed E-state index contributed by atoms with van der Waals surface area (Å²) in [6.45, 7) is 6.10. The van der Waals surface area contributed by atoms with Crippen LogP contribution in [0.4, 0.5) is 0 Å². The molecule has 100 valence electrons. The zero-order chi connectivity index (χ0) is 12.8. The fourth-order valence-corrected chi connectivity index (χ4v) is 2.23. The molecule has 2 N–H and O–H groups in total. The van der Waals surface area contributed by atoms with Crippen LogP contribution in [0.1, 0.15) is 52.9 Å². The Hall–Kier alpha value is -0.610. The highest BCUT2D eigenvalue weighted by atomic mass is 16.6. The molecule has 1 aliphatic rings. The maximum Gasteiger partial charge on any atom is 0.323 e. The van der Waals surface area contributed by atoms with Gasteiger partial charge in [-0.2, -0.15) is 0 Å². The number of rotatable bonds is 5. The average molecular weight is 243 g/mol. The molecule has 4 nitrogen and oxygen atoms in total. The maximum absolute atomic E-state index is 11.7. The van der Waals surface area contributed by atoms with Crippen LogP contribution in [0.25, 0.3) is 0 Å². The molecule has 3 atom stereocenters. The standard InChI is InChI=1S/C13H25NO3/c1-4-5-6-12(14)13(15)17-11-7-9(2)16-10(3)8-11/h9-12H,4-8,14H2,1-3H3/t9?,10?,11?,12-/m0/s1. The third kappa shape index (κ3) is 5.04. The molecule has 2 unspecified atom stereocenters. The molecule has 1 saturated heterocycles. The molecule has 0 bridgehead atoms. The summed E-state index contributed by atoms with van der Waals surface area (Å²) in [5, 5.41) is 0. The van der Waals surface area contributed by atoms with E-state index in [1.54, 1.807) is 0 Å². The molecule has 17 heavy (non-hydrogen) atoms. The number of nitrogens with two attached hydrogens (primary N) is 1. The second-order valence-electron chi connectivity index (χ2n) is 5.04. The fourth-order valence-electron chi connectivity index (χ4n) is 2.23. The molecule has 0 amide bonds. The van der Waals surface area contributed by atoms with Crippen molar-refractivity contribution in [3.63, 3.8) is 0 Å². The molecule has 1 fully saturated rings. The summed E-state index contributed by atoms with van der Waals surface area (Å²) in [4.78, 5) is 11.7. The number of hydrogen-bond donors (Lipinski definition) is 1. The van der Waals surface area contributed by atoms with Gasteiger partial charge in [0.15, 0.2) is 0 Å². The molecule has 0 spiro atoms. The lowest BCUT2D eigenvalue weighted by molar-refractivity contribution is -0.161. The number of esters is 1. The molecular formula is C13H25NO3. The van der Waals surface area contributed by atoms with Gasteiger partial charge in [-0.25, -0.2) is 0 Å². The minimum atomic E-state index is -0.469. The SMILES string of the molecule is CCCC[C@H](N)C(=O)OC1CC(C)OC(C)C1. The van der Waals surface area contributed by atoms with E-state index in [0.717, 1.165) is 25.7 Å². The van der Waals surface area contributed by atoms with Gasteiger partial charge in [-0.05, 0) is 20.3 Å². The van der Waals surface area contributed by atoms with E-state index in [-0.39, 0.29) is 24.3 Å². The maximum atomic E-state index is 11.7. The zero-order valence-electron chi connectivity index (χ0n) is 11.1. The number of carbonyl (C=O) groups excluding carboxylic acids is 1. The lowest BCUT2D eigenvalue weighted by Gasteiger charge is -2.32. The number of carbonyl (C=O) groups is 1. The van der Waals surface area contributed by atoms with E-state index in [2.05, 4.69) is 6.92 Å². The van der Waals surface area contributed by atoms with Gasteiger partial charge >= 0.3 is 5.97 Å². The fraction of sp³-hybridized carbons (Fsp3) is 0.923. The summed E-state index contributed by atoms with van der Waals surface area (Å²) >= 11 is 0. The normalized spacial score (nSPS) is 30.9. The van der Waals surface area contributed by atoms with Crippen molar-refractivity contribution in [3.8, 4) is 0 Å². The molecule has 0 aromatic rings. The van der Waals surface area contributed by atoms with Crippen LogP contribution < -0.4 is 5.73 Å². The van der Waals surface area contributed by atoms with Crippen LogP contribution in [-0.2, 0) is 14.3 Å². The van der Waals surface area contributed by atoms with Crippen molar-refractivity contribution in [1.82, 2.24) is 0 Å². The van der Waals surface area contributed by atoms with Crippen molar-refractivity contribution in [1.29, 1.82) is 0 Å². The first-order valence-corrected chi connectivity index (χ1v) is 6.64. The predicted molar refractivity (Wildman–Crippen MR) is 66.6 cm³/mol. The molecule has 0 saturated carbocycles. The van der Waals surface area contributed by atoms with E-state index < -0.39 is 6.04 Å². The summed E-state index contributed by atoms with van der Waals surface area (Å²) in [5.74, 6) is -0.259. The number of unbranched alkanes of at least 4 members (excludes halogenated alkanes) is 1. The quantitative estimate of drug-likeness (QED) is 0.750. The van der Waals surface area contributed by atoms with Crippen LogP contribution in [0.3, 0.4) is 0 Å². The Balaban J connectivity index is 2.34. The summed E-state index contributed by atoms with van der Waals surface area (Å²) in [6, 6.07) is -0.469. The summed E-state index contributed by atoms with van der Waals surface area (Å²) in [7, 11) is 0. The average Bonchev–Trinajstić information content (AvgIpc) is 2.24. The zero-order valence-corrected chi connectivity index (χ0v) is 11.1. The summed E-state index contributed by atoms with van der Waals surface area (Å²) in [5.41, 5.74) is 5.78. The van der Waals surface area contributed by atoms with Gasteiger partial charge in [0, 0.05) is 12.8 Å². The molecule has 1 heterocycles. The van der Waals surface area contributed by atoms with Gasteiger partial charge in [0.2, 0.25) is 0 Å². The molecule has 0 aromatic carbocycles. The summed E-state index contributed by atoms with van der Waals surface area (Å²) < 4.78 is 11.0. The van der Waals surface area contributed by atoms with Crippen LogP contribution in [0, 0.1) is 0 Å². The van der Waals surface area contributed by atoms with Crippen LogP contribution in [0.5, 0.6) is 0 Å². The Kier molecular flexibility index (Phi) is 5.92. The van der Waals surface area contributed by atoms with Crippen LogP contribution >= 0.6 is 0 Å². The highest BCUT2D eigenvalue weighted by Gasteiger charge is 2.28. The van der Waals surface area contributed by atoms with Gasteiger partial charge in [0.1, 0.15) is 12.1 Å². The van der Waals surface area contributed by atoms with Crippen LogP contribution in [0.2, 0.25) is 0 Å². The van der Waals surface area contributed by atoms with Crippen molar-refractivity contribution in [2.45, 2.75) is 77.2 Å². The summed E-state index contributed by atoms with van der Waals surface area (Å²) in [6.07, 6.45) is 4.56. The van der Waals surface area contributed by atoms with Gasteiger partial charge in [0.05, 0.1) is 12.2 Å². The lowest BCUT2D eigenvalue weighted by atomic mass is 10.0. The monoisotopic (exact) mass is 243 g/mol. The van der Waals surface area contributed by atoms with E-state index in [1.165, 1.54) is 0 Å². The molecule has 0 aromatic heterocycles. The first kappa shape index (κ1) is 14.5. The topological polar surface area (TPSA) is 61.6 Å². The highest BCUT2D eigenvalue weighted by Crippen LogP contribution is 2.22. The highest BCUT2D eigenvalue weighted by molar-refractivity contribution is 5.75. The van der Waals surface area contributed by atoms with Gasteiger partial charge in [-0.15, -0.1) is 0 Å². The predicted octanol–water partition coefficient (Wildman–Crippen LogP) is 2.00. The molecular weight excluding hydrogens is 218 g/mol. The van der Waals surface area contributed by atoms with Crippen molar-refractivity contribution >= 4 is 5.97 Å². The largest absolute Gasteiger partial charge is 0.461 e. The van der Waals surface area contributed by atoms with Crippen LogP contribution in [0.15, 0.2) is 0 Å². The second kappa shape index (κ2) is 6.97.